The highest BCUT2D eigenvalue weighted by Gasteiger charge is 2.18. The van der Waals surface area contributed by atoms with E-state index < -0.39 is 6.10 Å². The number of thiophene rings is 1. The Kier molecular flexibility index (Phi) is 4.63. The first kappa shape index (κ1) is 15.0. The van der Waals surface area contributed by atoms with E-state index >= 15 is 0 Å². The minimum Gasteiger partial charge on any atom is -0.387 e. The van der Waals surface area contributed by atoms with Crippen molar-refractivity contribution in [3.05, 3.63) is 56.0 Å². The minimum atomic E-state index is -0.565. The second kappa shape index (κ2) is 6.47. The summed E-state index contributed by atoms with van der Waals surface area (Å²) < 4.78 is 13.1. The largest absolute Gasteiger partial charge is 0.387 e. The van der Waals surface area contributed by atoms with E-state index in [1.807, 2.05) is 0 Å². The van der Waals surface area contributed by atoms with Gasteiger partial charge in [-0.05, 0) is 55.0 Å². The number of halogens is 2. The van der Waals surface area contributed by atoms with Gasteiger partial charge < -0.3 is 5.11 Å². The van der Waals surface area contributed by atoms with E-state index in [1.54, 1.807) is 17.4 Å². The normalized spacial score (nSPS) is 16.3. The highest BCUT2D eigenvalue weighted by atomic mass is 35.5. The van der Waals surface area contributed by atoms with Gasteiger partial charge in [0.2, 0.25) is 0 Å². The summed E-state index contributed by atoms with van der Waals surface area (Å²) in [6.07, 6.45) is 5.89. The molecular formula is C17H18ClFOS. The van der Waals surface area contributed by atoms with Crippen LogP contribution in [0.15, 0.2) is 24.3 Å². The molecule has 0 aliphatic heterocycles. The SMILES string of the molecule is OC(Cc1ccc(F)cc1Cl)c1cc2c(s1)CCCCC2. The third-order valence-electron chi connectivity index (χ3n) is 4.02. The zero-order chi connectivity index (χ0) is 14.8. The molecule has 1 aliphatic rings. The number of benzene rings is 1. The van der Waals surface area contributed by atoms with Crippen LogP contribution in [-0.2, 0) is 19.3 Å². The number of fused-ring (bicyclic) bond motifs is 1. The molecule has 0 saturated carbocycles. The average Bonchev–Trinajstić information content (AvgIpc) is 2.73. The van der Waals surface area contributed by atoms with E-state index in [0.717, 1.165) is 23.3 Å². The van der Waals surface area contributed by atoms with Gasteiger partial charge in [-0.3, -0.25) is 0 Å². The lowest BCUT2D eigenvalue weighted by molar-refractivity contribution is 0.182. The maximum Gasteiger partial charge on any atom is 0.124 e. The number of aliphatic hydroxyl groups excluding tert-OH is 1. The standard InChI is InChI=1S/C17H18ClFOS/c18-14-10-13(19)7-6-11(14)8-15(20)17-9-12-4-2-1-3-5-16(12)21-17/h6-7,9-10,15,20H,1-5,8H2. The van der Waals surface area contributed by atoms with Crippen molar-refractivity contribution < 1.29 is 9.50 Å². The van der Waals surface area contributed by atoms with Crippen LogP contribution in [0.5, 0.6) is 0 Å². The van der Waals surface area contributed by atoms with Gasteiger partial charge in [-0.2, -0.15) is 0 Å². The van der Waals surface area contributed by atoms with Crippen LogP contribution in [0.4, 0.5) is 4.39 Å². The Morgan fingerprint density at radius 3 is 2.81 bits per heavy atom. The number of aryl methyl sites for hydroxylation is 2. The lowest BCUT2D eigenvalue weighted by Gasteiger charge is -2.10. The smallest absolute Gasteiger partial charge is 0.124 e. The highest BCUT2D eigenvalue weighted by Crippen LogP contribution is 2.34. The first-order chi connectivity index (χ1) is 10.1. The van der Waals surface area contributed by atoms with Crippen LogP contribution in [0.1, 0.15) is 46.2 Å². The first-order valence-electron chi connectivity index (χ1n) is 7.37. The molecule has 0 saturated heterocycles. The maximum atomic E-state index is 13.1. The Labute approximate surface area is 133 Å². The monoisotopic (exact) mass is 324 g/mol. The fraction of sp³-hybridized carbons (Fsp3) is 0.412. The molecule has 21 heavy (non-hydrogen) atoms. The Morgan fingerprint density at radius 2 is 2.00 bits per heavy atom. The summed E-state index contributed by atoms with van der Waals surface area (Å²) in [5.41, 5.74) is 2.19. The second-order valence-electron chi connectivity index (χ2n) is 5.61. The maximum absolute atomic E-state index is 13.1. The molecule has 0 bridgehead atoms. The van der Waals surface area contributed by atoms with Gasteiger partial charge in [-0.15, -0.1) is 11.3 Å². The summed E-state index contributed by atoms with van der Waals surface area (Å²) in [6, 6.07) is 6.48. The van der Waals surface area contributed by atoms with E-state index in [0.29, 0.717) is 11.4 Å². The third kappa shape index (κ3) is 3.47. The summed E-state index contributed by atoms with van der Waals surface area (Å²) in [7, 11) is 0. The van der Waals surface area contributed by atoms with Crippen LogP contribution in [-0.4, -0.2) is 5.11 Å². The molecule has 112 valence electrons. The van der Waals surface area contributed by atoms with Gasteiger partial charge in [0.05, 0.1) is 6.10 Å². The molecule has 1 aromatic carbocycles. The Bertz CT molecular complexity index is 614. The van der Waals surface area contributed by atoms with Crippen molar-refractivity contribution in [1.82, 2.24) is 0 Å². The van der Waals surface area contributed by atoms with Crippen LogP contribution in [0.2, 0.25) is 5.02 Å². The summed E-state index contributed by atoms with van der Waals surface area (Å²) >= 11 is 7.75. The molecule has 0 amide bonds. The van der Waals surface area contributed by atoms with E-state index in [1.165, 1.54) is 41.8 Å². The van der Waals surface area contributed by atoms with E-state index in [-0.39, 0.29) is 5.82 Å². The number of hydrogen-bond donors (Lipinski definition) is 1. The van der Waals surface area contributed by atoms with Gasteiger partial charge >= 0.3 is 0 Å². The number of rotatable bonds is 3. The Balaban J connectivity index is 1.77. The molecule has 1 nitrogen and oxygen atoms in total. The second-order valence-corrected chi connectivity index (χ2v) is 7.19. The molecular weight excluding hydrogens is 307 g/mol. The van der Waals surface area contributed by atoms with Gasteiger partial charge in [0, 0.05) is 21.2 Å². The Morgan fingerprint density at radius 1 is 1.19 bits per heavy atom. The number of hydrogen-bond acceptors (Lipinski definition) is 2. The van der Waals surface area contributed by atoms with Crippen molar-refractivity contribution in [3.8, 4) is 0 Å². The molecule has 0 spiro atoms. The molecule has 4 heteroatoms. The zero-order valence-corrected chi connectivity index (χ0v) is 13.3. The molecule has 1 unspecified atom stereocenters. The van der Waals surface area contributed by atoms with E-state index in [9.17, 15) is 9.50 Å². The Hall–Kier alpha value is -0.900. The van der Waals surface area contributed by atoms with Crippen LogP contribution in [0.25, 0.3) is 0 Å². The van der Waals surface area contributed by atoms with Crippen LogP contribution >= 0.6 is 22.9 Å². The molecule has 1 atom stereocenters. The van der Waals surface area contributed by atoms with Gasteiger partial charge in [-0.1, -0.05) is 24.1 Å². The summed E-state index contributed by atoms with van der Waals surface area (Å²) in [4.78, 5) is 2.43. The van der Waals surface area contributed by atoms with Crippen molar-refractivity contribution in [2.75, 3.05) is 0 Å². The van der Waals surface area contributed by atoms with Crippen molar-refractivity contribution in [2.45, 2.75) is 44.6 Å². The summed E-state index contributed by atoms with van der Waals surface area (Å²) in [6.45, 7) is 0. The molecule has 1 aromatic heterocycles. The van der Waals surface area contributed by atoms with Crippen molar-refractivity contribution in [2.24, 2.45) is 0 Å². The zero-order valence-electron chi connectivity index (χ0n) is 11.7. The molecule has 0 radical (unpaired) electrons. The lowest BCUT2D eigenvalue weighted by Crippen LogP contribution is -2.00. The molecule has 2 aromatic rings. The average molecular weight is 325 g/mol. The predicted octanol–water partition coefficient (Wildman–Crippen LogP) is 5.09. The van der Waals surface area contributed by atoms with Crippen molar-refractivity contribution in [3.63, 3.8) is 0 Å². The molecule has 1 heterocycles. The highest BCUT2D eigenvalue weighted by molar-refractivity contribution is 7.12. The van der Waals surface area contributed by atoms with Crippen LogP contribution in [0, 0.1) is 5.82 Å². The van der Waals surface area contributed by atoms with Gasteiger partial charge in [0.1, 0.15) is 5.82 Å². The van der Waals surface area contributed by atoms with Crippen molar-refractivity contribution in [1.29, 1.82) is 0 Å². The molecule has 1 aliphatic carbocycles. The van der Waals surface area contributed by atoms with Gasteiger partial charge in [0.15, 0.2) is 0 Å². The first-order valence-corrected chi connectivity index (χ1v) is 8.56. The molecule has 3 rings (SSSR count). The van der Waals surface area contributed by atoms with Crippen molar-refractivity contribution >= 4 is 22.9 Å². The lowest BCUT2D eigenvalue weighted by atomic mass is 10.1. The fourth-order valence-electron chi connectivity index (χ4n) is 2.85. The van der Waals surface area contributed by atoms with Crippen LogP contribution in [0.3, 0.4) is 0 Å². The summed E-state index contributed by atoms with van der Waals surface area (Å²) in [5, 5.41) is 10.8. The van der Waals surface area contributed by atoms with E-state index in [2.05, 4.69) is 6.07 Å². The number of aliphatic hydroxyl groups is 1. The summed E-state index contributed by atoms with van der Waals surface area (Å²) in [5.74, 6) is -0.346. The quantitative estimate of drug-likeness (QED) is 0.780. The van der Waals surface area contributed by atoms with Gasteiger partial charge in [-0.25, -0.2) is 4.39 Å². The van der Waals surface area contributed by atoms with Gasteiger partial charge in [0.25, 0.3) is 0 Å². The minimum absolute atomic E-state index is 0.346. The fourth-order valence-corrected chi connectivity index (χ4v) is 4.34. The third-order valence-corrected chi connectivity index (χ3v) is 5.71. The van der Waals surface area contributed by atoms with Crippen LogP contribution < -0.4 is 0 Å². The molecule has 1 N–H and O–H groups in total. The predicted molar refractivity (Wildman–Crippen MR) is 85.7 cm³/mol. The van der Waals surface area contributed by atoms with E-state index in [4.69, 9.17) is 11.6 Å². The topological polar surface area (TPSA) is 20.2 Å². The molecule has 0 fully saturated rings.